The Kier molecular flexibility index (Phi) is 8.83. The highest BCUT2D eigenvalue weighted by atomic mass is 16.6. The first kappa shape index (κ1) is 29.6. The van der Waals surface area contributed by atoms with Crippen molar-refractivity contribution in [1.82, 2.24) is 0 Å². The van der Waals surface area contributed by atoms with E-state index in [1.165, 1.54) is 46.6 Å². The first-order valence-electron chi connectivity index (χ1n) is 13.5. The maximum atomic E-state index is 11.0. The molecule has 6 atom stereocenters. The zero-order chi connectivity index (χ0) is 30.0. The van der Waals surface area contributed by atoms with E-state index in [0.29, 0.717) is 36.0 Å². The summed E-state index contributed by atoms with van der Waals surface area (Å²) in [6.07, 6.45) is -2.87. The van der Waals surface area contributed by atoms with Gasteiger partial charge in [-0.15, -0.1) is 0 Å². The number of phenolic OH excluding ortho intramolecular Hbond substituents is 2. The van der Waals surface area contributed by atoms with E-state index >= 15 is 0 Å². The fraction of sp³-hybridized carbons (Fsp3) is 0.419. The Morgan fingerprint density at radius 3 is 1.76 bits per heavy atom. The summed E-state index contributed by atoms with van der Waals surface area (Å²) in [5.74, 6) is 1.56. The molecule has 3 aromatic carbocycles. The number of rotatable bonds is 11. The number of benzene rings is 3. The molecule has 0 aliphatic carbocycles. The fourth-order valence-electron chi connectivity index (χ4n) is 5.73. The van der Waals surface area contributed by atoms with Gasteiger partial charge in [0.25, 0.3) is 0 Å². The molecule has 0 saturated carbocycles. The fourth-order valence-corrected chi connectivity index (χ4v) is 5.73. The number of fused-ring (bicyclic) bond motifs is 1. The molecule has 4 N–H and O–H groups in total. The monoisotopic (exact) mass is 584 g/mol. The highest BCUT2D eigenvalue weighted by molar-refractivity contribution is 5.55. The van der Waals surface area contributed by atoms with E-state index in [9.17, 15) is 20.4 Å². The second kappa shape index (κ2) is 12.5. The average molecular weight is 585 g/mol. The first-order valence-corrected chi connectivity index (χ1v) is 13.5. The lowest BCUT2D eigenvalue weighted by atomic mass is 9.84. The molecule has 5 rings (SSSR count). The Labute approximate surface area is 243 Å². The number of hydrogen-bond acceptors (Lipinski definition) is 11. The van der Waals surface area contributed by atoms with Crippen LogP contribution in [0.15, 0.2) is 48.5 Å². The van der Waals surface area contributed by atoms with Crippen molar-refractivity contribution in [1.29, 1.82) is 0 Å². The predicted octanol–water partition coefficient (Wildman–Crippen LogP) is 3.68. The highest BCUT2D eigenvalue weighted by Gasteiger charge is 2.48. The molecule has 0 amide bonds. The van der Waals surface area contributed by atoms with Crippen molar-refractivity contribution in [2.24, 2.45) is 11.8 Å². The first-order chi connectivity index (χ1) is 20.3. The third-order valence-corrected chi connectivity index (χ3v) is 7.95. The van der Waals surface area contributed by atoms with E-state index in [1.54, 1.807) is 24.3 Å². The molecule has 2 heterocycles. The van der Waals surface area contributed by atoms with Gasteiger partial charge in [-0.1, -0.05) is 12.1 Å². The number of ether oxygens (including phenoxy) is 7. The van der Waals surface area contributed by atoms with Crippen LogP contribution in [0.2, 0.25) is 0 Å². The third-order valence-electron chi connectivity index (χ3n) is 7.95. The molecular weight excluding hydrogens is 548 g/mol. The molecular formula is C31H36O11. The zero-order valence-corrected chi connectivity index (χ0v) is 23.9. The van der Waals surface area contributed by atoms with Crippen LogP contribution in [0, 0.1) is 11.8 Å². The third kappa shape index (κ3) is 5.48. The summed E-state index contributed by atoms with van der Waals surface area (Å²) in [5, 5.41) is 41.0. The van der Waals surface area contributed by atoms with E-state index in [2.05, 4.69) is 0 Å². The Balaban J connectivity index is 1.39. The number of methoxy groups -OCH3 is 4. The van der Waals surface area contributed by atoms with Gasteiger partial charge >= 0.3 is 0 Å². The van der Waals surface area contributed by atoms with Crippen molar-refractivity contribution in [2.75, 3.05) is 48.3 Å². The number of aromatic hydroxyl groups is 2. The van der Waals surface area contributed by atoms with Gasteiger partial charge in [-0.25, -0.2) is 0 Å². The van der Waals surface area contributed by atoms with E-state index in [1.807, 2.05) is 6.07 Å². The summed E-state index contributed by atoms with van der Waals surface area (Å²) in [5.41, 5.74) is 2.09. The molecule has 0 spiro atoms. The topological polar surface area (TPSA) is 146 Å². The molecule has 226 valence electrons. The van der Waals surface area contributed by atoms with Crippen LogP contribution >= 0.6 is 0 Å². The van der Waals surface area contributed by atoms with Gasteiger partial charge in [0.05, 0.1) is 60.5 Å². The Hall–Kier alpha value is -3.90. The van der Waals surface area contributed by atoms with Crippen molar-refractivity contribution in [3.05, 3.63) is 65.2 Å². The second-order valence-electron chi connectivity index (χ2n) is 10.2. The van der Waals surface area contributed by atoms with Gasteiger partial charge in [-0.3, -0.25) is 0 Å². The summed E-state index contributed by atoms with van der Waals surface area (Å²) in [6.45, 7) is 0.427. The molecule has 11 nitrogen and oxygen atoms in total. The van der Waals surface area contributed by atoms with Crippen LogP contribution in [0.5, 0.6) is 40.2 Å². The van der Waals surface area contributed by atoms with Gasteiger partial charge in [-0.2, -0.15) is 0 Å². The normalized spacial score (nSPS) is 22.7. The van der Waals surface area contributed by atoms with Crippen molar-refractivity contribution < 1.29 is 53.6 Å². The lowest BCUT2D eigenvalue weighted by Crippen LogP contribution is -2.29. The molecule has 2 fully saturated rings. The maximum Gasteiger partial charge on any atom is 0.204 e. The van der Waals surface area contributed by atoms with Gasteiger partial charge < -0.3 is 53.6 Å². The lowest BCUT2D eigenvalue weighted by Gasteiger charge is -2.26. The van der Waals surface area contributed by atoms with Crippen molar-refractivity contribution >= 4 is 0 Å². The Bertz CT molecular complexity index is 1370. The Morgan fingerprint density at radius 2 is 1.21 bits per heavy atom. The second-order valence-corrected chi connectivity index (χ2v) is 10.2. The van der Waals surface area contributed by atoms with E-state index < -0.39 is 18.8 Å². The molecule has 0 bridgehead atoms. The molecule has 0 aromatic heterocycles. The van der Waals surface area contributed by atoms with Crippen molar-refractivity contribution in [3.63, 3.8) is 0 Å². The van der Waals surface area contributed by atoms with Crippen LogP contribution in [0.3, 0.4) is 0 Å². The van der Waals surface area contributed by atoms with Crippen LogP contribution in [-0.4, -0.2) is 74.8 Å². The largest absolute Gasteiger partial charge is 0.504 e. The summed E-state index contributed by atoms with van der Waals surface area (Å²) in [4.78, 5) is 0. The van der Waals surface area contributed by atoms with Crippen LogP contribution < -0.4 is 23.7 Å². The van der Waals surface area contributed by atoms with Gasteiger partial charge in [0.2, 0.25) is 5.75 Å². The maximum absolute atomic E-state index is 11.0. The summed E-state index contributed by atoms with van der Waals surface area (Å²) in [6, 6.07) is 13.2. The summed E-state index contributed by atoms with van der Waals surface area (Å²) < 4.78 is 40.3. The molecule has 2 saturated heterocycles. The van der Waals surface area contributed by atoms with Crippen LogP contribution in [-0.2, 0) is 9.47 Å². The molecule has 0 radical (unpaired) electrons. The molecule has 2 aliphatic rings. The number of aliphatic hydroxyl groups excluding tert-OH is 2. The van der Waals surface area contributed by atoms with E-state index in [-0.39, 0.29) is 47.0 Å². The summed E-state index contributed by atoms with van der Waals surface area (Å²) >= 11 is 0. The number of hydrogen-bond donors (Lipinski definition) is 4. The van der Waals surface area contributed by atoms with Gasteiger partial charge in [0.15, 0.2) is 40.6 Å². The minimum atomic E-state index is -1.26. The standard InChI is InChI=1S/C31H36O11/c1-36-23-9-16(5-7-21(23)33)28(35)27(13-32)42-31-25(38-3)11-18(12-26(31)39-4)30-20-15-40-29(19(20)14-41-30)17-6-8-22(34)24(10-17)37-2/h5-12,19-20,27-30,32-35H,13-15H2,1-4H3/t19-,20-,27+,28-,29+,30+/m0/s1. The molecule has 42 heavy (non-hydrogen) atoms. The molecule has 2 aliphatic heterocycles. The van der Waals surface area contributed by atoms with Gasteiger partial charge in [0, 0.05) is 11.8 Å². The molecule has 3 aromatic rings. The average Bonchev–Trinajstić information content (AvgIpc) is 3.62. The molecule has 11 heteroatoms. The molecule has 0 unspecified atom stereocenters. The minimum Gasteiger partial charge on any atom is -0.504 e. The van der Waals surface area contributed by atoms with E-state index in [0.717, 1.165) is 11.1 Å². The van der Waals surface area contributed by atoms with Crippen LogP contribution in [0.25, 0.3) is 0 Å². The SMILES string of the molecule is COc1cc([C@H]2OC[C@H]3[C@@H]2CO[C@@H]3c2cc(OC)c(O[C@H](CO)[C@@H](O)c3ccc(O)c(OC)c3)c(OC)c2)ccc1O. The van der Waals surface area contributed by atoms with Crippen molar-refractivity contribution in [2.45, 2.75) is 24.4 Å². The lowest BCUT2D eigenvalue weighted by molar-refractivity contribution is -0.00197. The number of phenols is 2. The predicted molar refractivity (Wildman–Crippen MR) is 150 cm³/mol. The van der Waals surface area contributed by atoms with Crippen LogP contribution in [0.4, 0.5) is 0 Å². The zero-order valence-electron chi connectivity index (χ0n) is 23.9. The van der Waals surface area contributed by atoms with Crippen LogP contribution in [0.1, 0.15) is 35.0 Å². The minimum absolute atomic E-state index is 0.0486. The van der Waals surface area contributed by atoms with Gasteiger partial charge in [-0.05, 0) is 53.1 Å². The Morgan fingerprint density at radius 1 is 0.714 bits per heavy atom. The summed E-state index contributed by atoms with van der Waals surface area (Å²) in [7, 11) is 5.90. The van der Waals surface area contributed by atoms with E-state index in [4.69, 9.17) is 33.2 Å². The highest BCUT2D eigenvalue weighted by Crippen LogP contribution is 2.53. The van der Waals surface area contributed by atoms with Gasteiger partial charge in [0.1, 0.15) is 6.10 Å². The van der Waals surface area contributed by atoms with Crippen molar-refractivity contribution in [3.8, 4) is 40.2 Å². The quantitative estimate of drug-likeness (QED) is 0.262. The number of aliphatic hydroxyl groups is 2. The smallest absolute Gasteiger partial charge is 0.204 e.